The fourth-order valence-electron chi connectivity index (χ4n) is 2.18. The second kappa shape index (κ2) is 6.70. The van der Waals surface area contributed by atoms with E-state index in [9.17, 15) is 13.5 Å². The lowest BCUT2D eigenvalue weighted by molar-refractivity contribution is 0.0223. The molecule has 1 saturated heterocycles. The highest BCUT2D eigenvalue weighted by Gasteiger charge is 2.38. The molecule has 0 spiro atoms. The summed E-state index contributed by atoms with van der Waals surface area (Å²) < 4.78 is 33.5. The number of aliphatic hydroxyl groups excluding tert-OH is 1. The van der Waals surface area contributed by atoms with Crippen LogP contribution in [0, 0.1) is 0 Å². The van der Waals surface area contributed by atoms with Crippen LogP contribution in [-0.4, -0.2) is 38.9 Å². The molecule has 1 aliphatic rings. The summed E-state index contributed by atoms with van der Waals surface area (Å²) in [6.45, 7) is 0.442. The number of aliphatic hydroxyl groups is 1. The molecule has 0 unspecified atom stereocenters. The summed E-state index contributed by atoms with van der Waals surface area (Å²) in [5.74, 6) is 0. The van der Waals surface area contributed by atoms with Gasteiger partial charge in [-0.25, -0.2) is 13.1 Å². The van der Waals surface area contributed by atoms with Crippen LogP contribution in [0.5, 0.6) is 0 Å². The van der Waals surface area contributed by atoms with Gasteiger partial charge in [0.1, 0.15) is 4.90 Å². The van der Waals surface area contributed by atoms with Crippen molar-refractivity contribution in [1.29, 1.82) is 0 Å². The molecule has 0 atom stereocenters. The first-order valence-corrected chi connectivity index (χ1v) is 9.20. The van der Waals surface area contributed by atoms with Crippen molar-refractivity contribution in [3.63, 3.8) is 0 Å². The van der Waals surface area contributed by atoms with Crippen molar-refractivity contribution in [1.82, 2.24) is 4.72 Å². The number of hydrogen-bond donors (Lipinski definition) is 2. The maximum atomic E-state index is 12.6. The number of ether oxygens (including phenoxy) is 1. The molecule has 21 heavy (non-hydrogen) atoms. The summed E-state index contributed by atoms with van der Waals surface area (Å²) in [7, 11) is -3.96. The number of halogens is 3. The monoisotopic (exact) mass is 417 g/mol. The molecule has 0 aromatic heterocycles. The number of sulfonamides is 1. The fourth-order valence-corrected chi connectivity index (χ4v) is 5.57. The molecule has 1 fully saturated rings. The first kappa shape index (κ1) is 17.5. The molecule has 0 radical (unpaired) electrons. The smallest absolute Gasteiger partial charge is 0.244 e. The van der Waals surface area contributed by atoms with Crippen molar-refractivity contribution in [2.45, 2.75) is 23.3 Å². The van der Waals surface area contributed by atoms with Gasteiger partial charge in [0.25, 0.3) is 0 Å². The Hall–Kier alpha value is 0.110. The van der Waals surface area contributed by atoms with Crippen LogP contribution in [0.3, 0.4) is 0 Å². The predicted octanol–water partition coefficient (Wildman–Crippen LogP) is 2.58. The van der Waals surface area contributed by atoms with E-state index in [0.29, 0.717) is 30.5 Å². The zero-order valence-electron chi connectivity index (χ0n) is 10.9. The van der Waals surface area contributed by atoms with E-state index in [1.165, 1.54) is 12.1 Å². The average molecular weight is 419 g/mol. The zero-order valence-corrected chi connectivity index (χ0v) is 14.8. The van der Waals surface area contributed by atoms with E-state index in [4.69, 9.17) is 27.9 Å². The molecule has 2 N–H and O–H groups in total. The molecule has 9 heteroatoms. The van der Waals surface area contributed by atoms with Crippen LogP contribution in [-0.2, 0) is 14.8 Å². The lowest BCUT2D eigenvalue weighted by Gasteiger charge is -2.36. The summed E-state index contributed by atoms with van der Waals surface area (Å²) in [5, 5.41) is 9.61. The van der Waals surface area contributed by atoms with Gasteiger partial charge in [0.2, 0.25) is 10.0 Å². The van der Waals surface area contributed by atoms with E-state index in [1.807, 2.05) is 0 Å². The summed E-state index contributed by atoms with van der Waals surface area (Å²) in [6.07, 6.45) is 0.767. The maximum Gasteiger partial charge on any atom is 0.244 e. The lowest BCUT2D eigenvalue weighted by Crippen LogP contribution is -2.54. The largest absolute Gasteiger partial charge is 0.394 e. The number of rotatable bonds is 4. The Labute approximate surface area is 141 Å². The number of benzene rings is 1. The third-order valence-corrected chi connectivity index (χ3v) is 6.29. The van der Waals surface area contributed by atoms with Crippen molar-refractivity contribution >= 4 is 49.2 Å². The van der Waals surface area contributed by atoms with Crippen LogP contribution in [0.4, 0.5) is 0 Å². The van der Waals surface area contributed by atoms with Crippen LogP contribution in [0.15, 0.2) is 21.5 Å². The highest BCUT2D eigenvalue weighted by atomic mass is 79.9. The normalized spacial score (nSPS) is 18.7. The molecular formula is C12H14BrCl2NO4S. The zero-order chi connectivity index (χ0) is 15.7. The van der Waals surface area contributed by atoms with Crippen LogP contribution < -0.4 is 4.72 Å². The van der Waals surface area contributed by atoms with E-state index < -0.39 is 15.6 Å². The van der Waals surface area contributed by atoms with E-state index in [0.717, 1.165) is 0 Å². The van der Waals surface area contributed by atoms with Gasteiger partial charge in [0, 0.05) is 17.7 Å². The highest BCUT2D eigenvalue weighted by Crippen LogP contribution is 2.34. The number of hydrogen-bond acceptors (Lipinski definition) is 4. The minimum absolute atomic E-state index is 0.0158. The second-order valence-corrected chi connectivity index (χ2v) is 8.20. The third kappa shape index (κ3) is 3.90. The van der Waals surface area contributed by atoms with Gasteiger partial charge in [-0.3, -0.25) is 0 Å². The van der Waals surface area contributed by atoms with Crippen molar-refractivity contribution < 1.29 is 18.3 Å². The van der Waals surface area contributed by atoms with Crippen LogP contribution in [0.2, 0.25) is 10.0 Å². The Morgan fingerprint density at radius 3 is 2.29 bits per heavy atom. The van der Waals surface area contributed by atoms with Crippen LogP contribution >= 0.6 is 39.1 Å². The molecule has 5 nitrogen and oxygen atoms in total. The Kier molecular flexibility index (Phi) is 5.57. The molecule has 0 saturated carbocycles. The molecule has 0 bridgehead atoms. The quantitative estimate of drug-likeness (QED) is 0.787. The van der Waals surface area contributed by atoms with Gasteiger partial charge in [-0.05, 0) is 25.0 Å². The standard InChI is InChI=1S/C12H14BrCl2NO4S/c13-8-5-9(14)11(10(15)6-8)21(18,19)16-12(7-17)1-3-20-4-2-12/h5-6,16-17H,1-4,7H2. The summed E-state index contributed by atoms with van der Waals surface area (Å²) in [5.41, 5.74) is -0.948. The highest BCUT2D eigenvalue weighted by molar-refractivity contribution is 9.10. The van der Waals surface area contributed by atoms with Crippen molar-refractivity contribution in [3.05, 3.63) is 26.7 Å². The molecule has 0 amide bonds. The lowest BCUT2D eigenvalue weighted by atomic mass is 9.93. The van der Waals surface area contributed by atoms with Gasteiger partial charge >= 0.3 is 0 Å². The summed E-state index contributed by atoms with van der Waals surface area (Å²) in [4.78, 5) is -0.187. The van der Waals surface area contributed by atoms with E-state index in [1.54, 1.807) is 0 Å². The summed E-state index contributed by atoms with van der Waals surface area (Å²) in [6, 6.07) is 2.91. The Balaban J connectivity index is 2.38. The van der Waals surface area contributed by atoms with E-state index in [2.05, 4.69) is 20.7 Å². The van der Waals surface area contributed by atoms with Gasteiger partial charge in [-0.1, -0.05) is 39.1 Å². The van der Waals surface area contributed by atoms with Gasteiger partial charge in [0.15, 0.2) is 0 Å². The Morgan fingerprint density at radius 2 is 1.81 bits per heavy atom. The topological polar surface area (TPSA) is 75.6 Å². The average Bonchev–Trinajstić information content (AvgIpc) is 2.37. The van der Waals surface area contributed by atoms with E-state index in [-0.39, 0.29) is 21.5 Å². The molecular weight excluding hydrogens is 405 g/mol. The minimum atomic E-state index is -3.96. The molecule has 1 aromatic carbocycles. The molecule has 0 aliphatic carbocycles. The van der Waals surface area contributed by atoms with Gasteiger partial charge < -0.3 is 9.84 Å². The molecule has 2 rings (SSSR count). The van der Waals surface area contributed by atoms with Crippen LogP contribution in [0.25, 0.3) is 0 Å². The fraction of sp³-hybridized carbons (Fsp3) is 0.500. The third-order valence-electron chi connectivity index (χ3n) is 3.34. The van der Waals surface area contributed by atoms with Gasteiger partial charge in [0.05, 0.1) is 22.2 Å². The Bertz CT molecular complexity index is 609. The van der Waals surface area contributed by atoms with Crippen molar-refractivity contribution in [2.75, 3.05) is 19.8 Å². The first-order valence-electron chi connectivity index (χ1n) is 6.17. The first-order chi connectivity index (χ1) is 9.80. The molecule has 1 aromatic rings. The Morgan fingerprint density at radius 1 is 1.29 bits per heavy atom. The molecule has 118 valence electrons. The van der Waals surface area contributed by atoms with Crippen molar-refractivity contribution in [3.8, 4) is 0 Å². The minimum Gasteiger partial charge on any atom is -0.394 e. The molecule has 1 heterocycles. The summed E-state index contributed by atoms with van der Waals surface area (Å²) >= 11 is 15.2. The van der Waals surface area contributed by atoms with Gasteiger partial charge in [-0.15, -0.1) is 0 Å². The number of nitrogens with one attached hydrogen (secondary N) is 1. The second-order valence-electron chi connectivity index (χ2n) is 4.85. The molecule has 1 aliphatic heterocycles. The SMILES string of the molecule is O=S(=O)(NC1(CO)CCOCC1)c1c(Cl)cc(Br)cc1Cl. The predicted molar refractivity (Wildman–Crippen MR) is 84.4 cm³/mol. The van der Waals surface area contributed by atoms with Crippen LogP contribution in [0.1, 0.15) is 12.8 Å². The van der Waals surface area contributed by atoms with E-state index >= 15 is 0 Å². The van der Waals surface area contributed by atoms with Gasteiger partial charge in [-0.2, -0.15) is 0 Å². The maximum absolute atomic E-state index is 12.6. The van der Waals surface area contributed by atoms with Crippen molar-refractivity contribution in [2.24, 2.45) is 0 Å².